The van der Waals surface area contributed by atoms with E-state index in [1.54, 1.807) is 18.8 Å². The van der Waals surface area contributed by atoms with Crippen LogP contribution in [0.3, 0.4) is 0 Å². The summed E-state index contributed by atoms with van der Waals surface area (Å²) in [4.78, 5) is 24.6. The normalized spacial score (nSPS) is 13.0. The average molecular weight is 505 g/mol. The molecule has 0 aliphatic carbocycles. The first kappa shape index (κ1) is 22.3. The molecule has 0 saturated heterocycles. The molecule has 0 atom stereocenters. The zero-order valence-corrected chi connectivity index (χ0v) is 20.9. The van der Waals surface area contributed by atoms with Gasteiger partial charge >= 0.3 is 0 Å². The summed E-state index contributed by atoms with van der Waals surface area (Å²) in [6, 6.07) is 15.6. The average Bonchev–Trinajstić information content (AvgIpc) is 3.70. The van der Waals surface area contributed by atoms with Crippen molar-refractivity contribution in [1.29, 1.82) is 0 Å². The van der Waals surface area contributed by atoms with Crippen LogP contribution in [0, 0.1) is 0 Å². The molecule has 6 aromatic rings. The van der Waals surface area contributed by atoms with E-state index in [1.165, 1.54) is 0 Å². The van der Waals surface area contributed by atoms with E-state index in [1.807, 2.05) is 68.8 Å². The van der Waals surface area contributed by atoms with Crippen molar-refractivity contribution >= 4 is 34.2 Å². The Morgan fingerprint density at radius 2 is 1.95 bits per heavy atom. The number of carbonyl (C=O) groups is 1. The van der Waals surface area contributed by atoms with Gasteiger partial charge < -0.3 is 24.4 Å². The molecule has 1 aromatic carbocycles. The number of fused-ring (bicyclic) bond motifs is 4. The summed E-state index contributed by atoms with van der Waals surface area (Å²) in [7, 11) is 4.02. The number of furan rings is 2. The largest absolute Gasteiger partial charge is 0.472 e. The van der Waals surface area contributed by atoms with Gasteiger partial charge in [0.1, 0.15) is 11.5 Å². The molecule has 9 nitrogen and oxygen atoms in total. The number of nitrogens with one attached hydrogen (secondary N) is 2. The number of hydrogen-bond acceptors (Lipinski definition) is 7. The van der Waals surface area contributed by atoms with E-state index in [0.29, 0.717) is 30.2 Å². The standard InChI is InChI=1S/C29H24N6O3/c1-34(2)15-22-18(17-9-11-37-16-17)4-7-26(33-22)32-21-5-3-19(20-13-31-29(36)28(20)21)24-14-30-27-8-6-25-23(35(24)27)10-12-38-25/h3-12,14,16H,13,15H2,1-2H3,(H,31,36)(H,32,33). The van der Waals surface area contributed by atoms with E-state index >= 15 is 0 Å². The molecule has 0 fully saturated rings. The lowest BCUT2D eigenvalue weighted by Gasteiger charge is -2.16. The molecular formula is C29H24N6O3. The maximum atomic E-state index is 13.0. The molecule has 2 N–H and O–H groups in total. The van der Waals surface area contributed by atoms with Crippen LogP contribution in [0.25, 0.3) is 39.1 Å². The van der Waals surface area contributed by atoms with Crippen molar-refractivity contribution in [3.8, 4) is 22.4 Å². The lowest BCUT2D eigenvalue weighted by Crippen LogP contribution is -2.14. The maximum Gasteiger partial charge on any atom is 0.254 e. The SMILES string of the molecule is CN(C)Cc1nc(Nc2ccc(-c3cnc4ccc5occc5n34)c3c2C(=O)NC3)ccc1-c1ccoc1. The molecule has 188 valence electrons. The van der Waals surface area contributed by atoms with Crippen molar-refractivity contribution in [2.45, 2.75) is 13.1 Å². The van der Waals surface area contributed by atoms with Gasteiger partial charge in [-0.2, -0.15) is 0 Å². The van der Waals surface area contributed by atoms with E-state index in [9.17, 15) is 4.79 Å². The third-order valence-corrected chi connectivity index (χ3v) is 6.86. The Labute approximate surface area is 217 Å². The second kappa shape index (κ2) is 8.60. The zero-order valence-electron chi connectivity index (χ0n) is 20.9. The van der Waals surface area contributed by atoms with Gasteiger partial charge in [0.25, 0.3) is 5.91 Å². The number of imidazole rings is 1. The summed E-state index contributed by atoms with van der Waals surface area (Å²) < 4.78 is 13.0. The third-order valence-electron chi connectivity index (χ3n) is 6.86. The highest BCUT2D eigenvalue weighted by molar-refractivity contribution is 6.06. The van der Waals surface area contributed by atoms with Crippen molar-refractivity contribution in [2.75, 3.05) is 19.4 Å². The van der Waals surface area contributed by atoms with Gasteiger partial charge in [0.2, 0.25) is 0 Å². The fourth-order valence-electron chi connectivity index (χ4n) is 5.20. The lowest BCUT2D eigenvalue weighted by atomic mass is 9.99. The molecule has 9 heteroatoms. The molecule has 0 saturated carbocycles. The summed E-state index contributed by atoms with van der Waals surface area (Å²) in [5, 5.41) is 6.40. The fourth-order valence-corrected chi connectivity index (χ4v) is 5.20. The van der Waals surface area contributed by atoms with Crippen LogP contribution in [0.4, 0.5) is 11.5 Å². The van der Waals surface area contributed by atoms with Gasteiger partial charge in [0.15, 0.2) is 5.58 Å². The third kappa shape index (κ3) is 3.55. The molecule has 1 aliphatic heterocycles. The Bertz CT molecular complexity index is 1830. The molecule has 7 rings (SSSR count). The van der Waals surface area contributed by atoms with Crippen molar-refractivity contribution in [3.05, 3.63) is 90.3 Å². The van der Waals surface area contributed by atoms with Gasteiger partial charge in [-0.15, -0.1) is 0 Å². The van der Waals surface area contributed by atoms with E-state index in [0.717, 1.165) is 50.4 Å². The number of aromatic nitrogens is 3. The van der Waals surface area contributed by atoms with Gasteiger partial charge in [-0.05, 0) is 56.1 Å². The summed E-state index contributed by atoms with van der Waals surface area (Å²) in [6.45, 7) is 1.09. The number of nitrogens with zero attached hydrogens (tertiary/aromatic N) is 4. The first-order valence-corrected chi connectivity index (χ1v) is 12.3. The monoisotopic (exact) mass is 504 g/mol. The molecule has 5 aromatic heterocycles. The molecule has 0 radical (unpaired) electrons. The topological polar surface area (TPSA) is 101 Å². The molecule has 38 heavy (non-hydrogen) atoms. The molecule has 0 unspecified atom stereocenters. The van der Waals surface area contributed by atoms with Crippen LogP contribution in [0.1, 0.15) is 21.6 Å². The van der Waals surface area contributed by atoms with Crippen LogP contribution >= 0.6 is 0 Å². The minimum atomic E-state index is -0.116. The maximum absolute atomic E-state index is 13.0. The number of pyridine rings is 2. The smallest absolute Gasteiger partial charge is 0.254 e. The summed E-state index contributed by atoms with van der Waals surface area (Å²) >= 11 is 0. The highest BCUT2D eigenvalue weighted by Gasteiger charge is 2.28. The molecule has 0 bridgehead atoms. The van der Waals surface area contributed by atoms with Crippen LogP contribution in [-0.4, -0.2) is 39.3 Å². The van der Waals surface area contributed by atoms with Crippen LogP contribution < -0.4 is 10.6 Å². The van der Waals surface area contributed by atoms with Gasteiger partial charge in [-0.1, -0.05) is 6.07 Å². The number of hydrogen-bond donors (Lipinski definition) is 2. The minimum Gasteiger partial charge on any atom is -0.472 e. The molecule has 0 spiro atoms. The number of carbonyl (C=O) groups excluding carboxylic acids is 1. The number of anilines is 2. The van der Waals surface area contributed by atoms with Crippen LogP contribution in [-0.2, 0) is 13.1 Å². The van der Waals surface area contributed by atoms with Crippen LogP contribution in [0.5, 0.6) is 0 Å². The number of rotatable bonds is 6. The van der Waals surface area contributed by atoms with Gasteiger partial charge in [0.05, 0.1) is 53.1 Å². The van der Waals surface area contributed by atoms with E-state index in [4.69, 9.17) is 13.8 Å². The summed E-state index contributed by atoms with van der Waals surface area (Å²) in [6.07, 6.45) is 6.89. The predicted octanol–water partition coefficient (Wildman–Crippen LogP) is 5.45. The van der Waals surface area contributed by atoms with Gasteiger partial charge in [-0.3, -0.25) is 9.20 Å². The Kier molecular flexibility index (Phi) is 5.05. The zero-order chi connectivity index (χ0) is 25.8. The molecular weight excluding hydrogens is 480 g/mol. The van der Waals surface area contributed by atoms with E-state index in [-0.39, 0.29) is 5.91 Å². The molecule has 1 amide bonds. The van der Waals surface area contributed by atoms with E-state index < -0.39 is 0 Å². The summed E-state index contributed by atoms with van der Waals surface area (Å²) in [5.41, 5.74) is 9.52. The van der Waals surface area contributed by atoms with E-state index in [2.05, 4.69) is 24.9 Å². The second-order valence-electron chi connectivity index (χ2n) is 9.60. The fraction of sp³-hybridized carbons (Fsp3) is 0.138. The van der Waals surface area contributed by atoms with Gasteiger partial charge in [-0.25, -0.2) is 9.97 Å². The van der Waals surface area contributed by atoms with Crippen molar-refractivity contribution in [3.63, 3.8) is 0 Å². The Hall–Kier alpha value is -4.89. The van der Waals surface area contributed by atoms with Gasteiger partial charge in [0, 0.05) is 35.8 Å². The predicted molar refractivity (Wildman–Crippen MR) is 144 cm³/mol. The molecule has 1 aliphatic rings. The quantitative estimate of drug-likeness (QED) is 0.311. The summed E-state index contributed by atoms with van der Waals surface area (Å²) in [5.74, 6) is 0.550. The first-order valence-electron chi connectivity index (χ1n) is 12.3. The highest BCUT2D eigenvalue weighted by atomic mass is 16.3. The van der Waals surface area contributed by atoms with Crippen molar-refractivity contribution in [2.24, 2.45) is 0 Å². The van der Waals surface area contributed by atoms with Crippen LogP contribution in [0.15, 0.2) is 82.4 Å². The number of amides is 1. The Balaban J connectivity index is 1.31. The Morgan fingerprint density at radius 3 is 2.79 bits per heavy atom. The number of benzene rings is 1. The Morgan fingerprint density at radius 1 is 1.05 bits per heavy atom. The lowest BCUT2D eigenvalue weighted by molar-refractivity contribution is 0.0966. The highest BCUT2D eigenvalue weighted by Crippen LogP contribution is 2.37. The first-order chi connectivity index (χ1) is 18.6. The molecule has 6 heterocycles. The van der Waals surface area contributed by atoms with Crippen LogP contribution in [0.2, 0.25) is 0 Å². The minimum absolute atomic E-state index is 0.116. The second-order valence-corrected chi connectivity index (χ2v) is 9.60. The van der Waals surface area contributed by atoms with Crippen molar-refractivity contribution in [1.82, 2.24) is 24.6 Å². The van der Waals surface area contributed by atoms with Crippen molar-refractivity contribution < 1.29 is 13.6 Å².